The van der Waals surface area contributed by atoms with Gasteiger partial charge in [-0.2, -0.15) is 0 Å². The molecule has 0 fully saturated rings. The second-order valence-electron chi connectivity index (χ2n) is 3.19. The van der Waals surface area contributed by atoms with Gasteiger partial charge in [-0.3, -0.25) is 0 Å². The fourth-order valence-corrected chi connectivity index (χ4v) is 1.26. The van der Waals surface area contributed by atoms with Crippen LogP contribution in [0.3, 0.4) is 0 Å². The SMILES string of the molecule is [C]1=CC=CCCCCCC=CC=C1. The summed E-state index contributed by atoms with van der Waals surface area (Å²) in [6, 6.07) is 0. The van der Waals surface area contributed by atoms with Crippen molar-refractivity contribution in [3.05, 3.63) is 48.6 Å². The van der Waals surface area contributed by atoms with E-state index >= 15 is 0 Å². The molecule has 0 unspecified atom stereocenters. The molecule has 0 N–H and O–H groups in total. The van der Waals surface area contributed by atoms with E-state index in [0.29, 0.717) is 0 Å². The highest BCUT2D eigenvalue weighted by Crippen LogP contribution is 2.04. The fraction of sp³-hybridized carbons (Fsp3) is 0.385. The Morgan fingerprint density at radius 2 is 1.54 bits per heavy atom. The van der Waals surface area contributed by atoms with Gasteiger partial charge in [0.15, 0.2) is 0 Å². The third kappa shape index (κ3) is 6.15. The van der Waals surface area contributed by atoms with Crippen molar-refractivity contribution in [3.8, 4) is 0 Å². The zero-order valence-electron chi connectivity index (χ0n) is 8.08. The topological polar surface area (TPSA) is 0 Å². The summed E-state index contributed by atoms with van der Waals surface area (Å²) in [7, 11) is 0. The van der Waals surface area contributed by atoms with Crippen LogP contribution in [0.5, 0.6) is 0 Å². The molecule has 1 aliphatic rings. The largest absolute Gasteiger partial charge is 0.0845 e. The van der Waals surface area contributed by atoms with Gasteiger partial charge in [-0.15, -0.1) is 0 Å². The first-order valence-corrected chi connectivity index (χ1v) is 5.06. The third-order valence-electron chi connectivity index (χ3n) is 2.01. The molecule has 0 saturated carbocycles. The summed E-state index contributed by atoms with van der Waals surface area (Å²) in [5, 5.41) is 0. The van der Waals surface area contributed by atoms with E-state index in [1.807, 2.05) is 18.2 Å². The molecule has 69 valence electrons. The summed E-state index contributed by atoms with van der Waals surface area (Å²) >= 11 is 0. The van der Waals surface area contributed by atoms with Gasteiger partial charge in [0.2, 0.25) is 0 Å². The summed E-state index contributed by atoms with van der Waals surface area (Å²) in [5.41, 5.74) is 0. The van der Waals surface area contributed by atoms with Crippen molar-refractivity contribution in [1.29, 1.82) is 0 Å². The van der Waals surface area contributed by atoms with E-state index in [9.17, 15) is 0 Å². The predicted octanol–water partition coefficient (Wildman–Crippen LogP) is 3.98. The van der Waals surface area contributed by atoms with Crippen molar-refractivity contribution in [1.82, 2.24) is 0 Å². The van der Waals surface area contributed by atoms with Crippen LogP contribution in [-0.4, -0.2) is 0 Å². The van der Waals surface area contributed by atoms with E-state index in [4.69, 9.17) is 0 Å². The molecule has 0 nitrogen and oxygen atoms in total. The van der Waals surface area contributed by atoms with Crippen LogP contribution < -0.4 is 0 Å². The van der Waals surface area contributed by atoms with E-state index in [1.165, 1.54) is 32.1 Å². The highest BCUT2D eigenvalue weighted by molar-refractivity contribution is 5.11. The first-order valence-electron chi connectivity index (χ1n) is 5.06. The van der Waals surface area contributed by atoms with Gasteiger partial charge in [-0.05, 0) is 31.8 Å². The van der Waals surface area contributed by atoms with Gasteiger partial charge in [0.1, 0.15) is 0 Å². The van der Waals surface area contributed by atoms with E-state index < -0.39 is 0 Å². The smallest absolute Gasteiger partial charge is 0.0184 e. The Labute approximate surface area is 81.4 Å². The monoisotopic (exact) mass is 173 g/mol. The van der Waals surface area contributed by atoms with Crippen molar-refractivity contribution in [2.24, 2.45) is 0 Å². The number of hydrogen-bond donors (Lipinski definition) is 0. The first kappa shape index (κ1) is 10.0. The van der Waals surface area contributed by atoms with Gasteiger partial charge in [0.05, 0.1) is 0 Å². The van der Waals surface area contributed by atoms with Crippen molar-refractivity contribution in [2.45, 2.75) is 32.1 Å². The Hall–Kier alpha value is -1.04. The molecule has 1 aliphatic carbocycles. The summed E-state index contributed by atoms with van der Waals surface area (Å²) in [6.07, 6.45) is 24.0. The van der Waals surface area contributed by atoms with Gasteiger partial charge in [0.25, 0.3) is 0 Å². The van der Waals surface area contributed by atoms with Crippen molar-refractivity contribution in [3.63, 3.8) is 0 Å². The average molecular weight is 173 g/mol. The van der Waals surface area contributed by atoms with Crippen LogP contribution in [0.25, 0.3) is 0 Å². The Kier molecular flexibility index (Phi) is 5.87. The van der Waals surface area contributed by atoms with Gasteiger partial charge in [-0.25, -0.2) is 0 Å². The highest BCUT2D eigenvalue weighted by atomic mass is 13.9. The number of rotatable bonds is 0. The Bertz CT molecular complexity index is 192. The molecular formula is C13H17. The lowest BCUT2D eigenvalue weighted by Gasteiger charge is -1.93. The van der Waals surface area contributed by atoms with Crippen LogP contribution in [0.15, 0.2) is 42.5 Å². The average Bonchev–Trinajstić information content (AvgIpc) is 2.18. The molecule has 0 aliphatic heterocycles. The van der Waals surface area contributed by atoms with Crippen LogP contribution in [-0.2, 0) is 0 Å². The Balaban J connectivity index is 2.39. The molecule has 0 aromatic carbocycles. The first-order chi connectivity index (χ1) is 6.50. The van der Waals surface area contributed by atoms with Crippen LogP contribution in [0.4, 0.5) is 0 Å². The summed E-state index contributed by atoms with van der Waals surface area (Å²) in [5.74, 6) is 0. The van der Waals surface area contributed by atoms with Gasteiger partial charge >= 0.3 is 0 Å². The molecule has 0 heterocycles. The molecule has 0 saturated heterocycles. The van der Waals surface area contributed by atoms with Crippen LogP contribution in [0.1, 0.15) is 32.1 Å². The maximum absolute atomic E-state index is 3.08. The summed E-state index contributed by atoms with van der Waals surface area (Å²) < 4.78 is 0. The van der Waals surface area contributed by atoms with E-state index in [-0.39, 0.29) is 0 Å². The number of allylic oxidation sites excluding steroid dienone is 8. The standard InChI is InChI=1S/C13H17/c1-2-4-6-8-10-12-13-11-9-7-5-3-1/h1-4,8,10,12H,5,7,9,11,13H2. The molecule has 13 heavy (non-hydrogen) atoms. The molecule has 0 bridgehead atoms. The maximum atomic E-state index is 3.08. The van der Waals surface area contributed by atoms with E-state index in [1.54, 1.807) is 0 Å². The zero-order valence-corrected chi connectivity index (χ0v) is 8.08. The van der Waals surface area contributed by atoms with Crippen LogP contribution in [0, 0.1) is 6.08 Å². The second-order valence-corrected chi connectivity index (χ2v) is 3.19. The summed E-state index contributed by atoms with van der Waals surface area (Å²) in [4.78, 5) is 0. The minimum Gasteiger partial charge on any atom is -0.0845 e. The zero-order chi connectivity index (χ0) is 9.19. The molecule has 0 aromatic rings. The molecular weight excluding hydrogens is 156 g/mol. The predicted molar refractivity (Wildman–Crippen MR) is 58.3 cm³/mol. The molecule has 1 rings (SSSR count). The van der Waals surface area contributed by atoms with Gasteiger partial charge in [-0.1, -0.05) is 49.0 Å². The lowest BCUT2D eigenvalue weighted by molar-refractivity contribution is 0.696. The Morgan fingerprint density at radius 3 is 2.38 bits per heavy atom. The van der Waals surface area contributed by atoms with Gasteiger partial charge in [0, 0.05) is 0 Å². The van der Waals surface area contributed by atoms with Crippen molar-refractivity contribution in [2.75, 3.05) is 0 Å². The lowest BCUT2D eigenvalue weighted by atomic mass is 10.1. The number of hydrogen-bond acceptors (Lipinski definition) is 0. The summed E-state index contributed by atoms with van der Waals surface area (Å²) in [6.45, 7) is 0. The van der Waals surface area contributed by atoms with Crippen molar-refractivity contribution >= 4 is 0 Å². The van der Waals surface area contributed by atoms with Crippen molar-refractivity contribution < 1.29 is 0 Å². The van der Waals surface area contributed by atoms with Crippen LogP contribution in [0.2, 0.25) is 0 Å². The van der Waals surface area contributed by atoms with E-state index in [2.05, 4.69) is 30.4 Å². The Morgan fingerprint density at radius 1 is 0.769 bits per heavy atom. The van der Waals surface area contributed by atoms with Crippen LogP contribution >= 0.6 is 0 Å². The fourth-order valence-electron chi connectivity index (χ4n) is 1.26. The molecule has 0 amide bonds. The molecule has 0 spiro atoms. The lowest BCUT2D eigenvalue weighted by Crippen LogP contribution is -1.74. The molecule has 0 aromatic heterocycles. The van der Waals surface area contributed by atoms with Gasteiger partial charge < -0.3 is 0 Å². The second kappa shape index (κ2) is 7.60. The normalized spacial score (nSPS) is 19.1. The maximum Gasteiger partial charge on any atom is -0.0184 e. The quantitative estimate of drug-likeness (QED) is 0.520. The molecule has 0 heteroatoms. The third-order valence-corrected chi connectivity index (χ3v) is 2.01. The highest BCUT2D eigenvalue weighted by Gasteiger charge is 1.85. The molecule has 1 radical (unpaired) electrons. The minimum atomic E-state index is 1.20. The molecule has 0 atom stereocenters. The van der Waals surface area contributed by atoms with E-state index in [0.717, 1.165) is 0 Å². The minimum absolute atomic E-state index is 1.20.